The molecule has 0 radical (unpaired) electrons. The van der Waals surface area contributed by atoms with Crippen LogP contribution in [0.5, 0.6) is 0 Å². The van der Waals surface area contributed by atoms with Crippen molar-refractivity contribution in [3.8, 4) is 0 Å². The molecule has 4 bridgehead atoms. The van der Waals surface area contributed by atoms with Gasteiger partial charge in [0, 0.05) is 11.5 Å². The predicted octanol–water partition coefficient (Wildman–Crippen LogP) is 4.41. The molecule has 5 heteroatoms. The van der Waals surface area contributed by atoms with Crippen LogP contribution < -0.4 is 0 Å². The number of rotatable bonds is 4. The van der Waals surface area contributed by atoms with Gasteiger partial charge in [0.1, 0.15) is 0 Å². The number of fused-ring (bicyclic) bond motifs is 1. The minimum absolute atomic E-state index is 0.203. The Morgan fingerprint density at radius 3 is 2.41 bits per heavy atom. The molecule has 0 amide bonds. The van der Waals surface area contributed by atoms with Crippen LogP contribution in [0, 0.1) is 17.8 Å². The SMILES string of the molecule is C=C(C)c1cc(C23CC4CC(CC(C4)C2)C3)nc2cc(C(=O)OCC)nn12. The Balaban J connectivity index is 1.63. The van der Waals surface area contributed by atoms with Crippen molar-refractivity contribution in [1.82, 2.24) is 14.6 Å². The van der Waals surface area contributed by atoms with E-state index < -0.39 is 5.97 Å². The number of nitrogens with zero attached hydrogens (tertiary/aromatic N) is 3. The highest BCUT2D eigenvalue weighted by molar-refractivity contribution is 5.88. The van der Waals surface area contributed by atoms with Gasteiger partial charge in [-0.25, -0.2) is 14.3 Å². The molecule has 27 heavy (non-hydrogen) atoms. The fourth-order valence-electron chi connectivity index (χ4n) is 6.28. The van der Waals surface area contributed by atoms with Crippen LogP contribution in [0.15, 0.2) is 18.7 Å². The van der Waals surface area contributed by atoms with Gasteiger partial charge in [0.05, 0.1) is 18.0 Å². The average molecular weight is 365 g/mol. The van der Waals surface area contributed by atoms with Crippen LogP contribution in [0.4, 0.5) is 0 Å². The lowest BCUT2D eigenvalue weighted by Crippen LogP contribution is -2.49. The number of hydrogen-bond donors (Lipinski definition) is 0. The summed E-state index contributed by atoms with van der Waals surface area (Å²) < 4.78 is 6.87. The molecule has 0 saturated heterocycles. The molecule has 4 aliphatic carbocycles. The van der Waals surface area contributed by atoms with Gasteiger partial charge in [0.2, 0.25) is 0 Å². The molecule has 0 N–H and O–H groups in total. The number of allylic oxidation sites excluding steroid dienone is 1. The summed E-state index contributed by atoms with van der Waals surface area (Å²) in [5.41, 5.74) is 4.31. The van der Waals surface area contributed by atoms with Crippen molar-refractivity contribution in [1.29, 1.82) is 0 Å². The van der Waals surface area contributed by atoms with Crippen LogP contribution in [0.1, 0.15) is 74.2 Å². The van der Waals surface area contributed by atoms with Gasteiger partial charge in [-0.1, -0.05) is 6.58 Å². The first-order valence-electron chi connectivity index (χ1n) is 10.2. The monoisotopic (exact) mass is 365 g/mol. The second kappa shape index (κ2) is 5.91. The topological polar surface area (TPSA) is 56.5 Å². The van der Waals surface area contributed by atoms with E-state index in [1.807, 2.05) is 6.92 Å². The molecule has 142 valence electrons. The lowest BCUT2D eigenvalue weighted by Gasteiger charge is -2.56. The fraction of sp³-hybridized carbons (Fsp3) is 0.591. The molecule has 6 rings (SSSR count). The van der Waals surface area contributed by atoms with Crippen molar-refractivity contribution in [2.24, 2.45) is 17.8 Å². The Bertz CT molecular complexity index is 907. The zero-order valence-corrected chi connectivity index (χ0v) is 16.2. The van der Waals surface area contributed by atoms with Crippen LogP contribution in [0.25, 0.3) is 11.2 Å². The Labute approximate surface area is 159 Å². The molecule has 0 aliphatic heterocycles. The van der Waals surface area contributed by atoms with Crippen molar-refractivity contribution in [2.75, 3.05) is 6.61 Å². The zero-order valence-electron chi connectivity index (χ0n) is 16.2. The molecular weight excluding hydrogens is 338 g/mol. The molecule has 0 spiro atoms. The number of carbonyl (C=O) groups excluding carboxylic acids is 1. The van der Waals surface area contributed by atoms with E-state index in [4.69, 9.17) is 9.72 Å². The van der Waals surface area contributed by atoms with Gasteiger partial charge in [0.25, 0.3) is 0 Å². The summed E-state index contributed by atoms with van der Waals surface area (Å²) in [4.78, 5) is 17.2. The van der Waals surface area contributed by atoms with Crippen molar-refractivity contribution in [3.05, 3.63) is 35.8 Å². The summed E-state index contributed by atoms with van der Waals surface area (Å²) in [5.74, 6) is 2.19. The van der Waals surface area contributed by atoms with Gasteiger partial charge in [-0.2, -0.15) is 5.10 Å². The summed E-state index contributed by atoms with van der Waals surface area (Å²) in [6.45, 7) is 8.28. The van der Waals surface area contributed by atoms with E-state index in [2.05, 4.69) is 17.7 Å². The van der Waals surface area contributed by atoms with E-state index in [0.29, 0.717) is 12.3 Å². The quantitative estimate of drug-likeness (QED) is 0.753. The highest BCUT2D eigenvalue weighted by Crippen LogP contribution is 2.60. The summed E-state index contributed by atoms with van der Waals surface area (Å²) >= 11 is 0. The zero-order chi connectivity index (χ0) is 18.8. The van der Waals surface area contributed by atoms with Crippen molar-refractivity contribution >= 4 is 17.2 Å². The molecule has 4 fully saturated rings. The van der Waals surface area contributed by atoms with E-state index in [0.717, 1.165) is 34.7 Å². The van der Waals surface area contributed by atoms with Crippen LogP contribution in [0.2, 0.25) is 0 Å². The minimum atomic E-state index is -0.396. The molecule has 4 aliphatic rings. The predicted molar refractivity (Wildman–Crippen MR) is 104 cm³/mol. The molecule has 2 heterocycles. The standard InChI is InChI=1S/C22H27N3O2/c1-4-27-21(26)17-8-20-23-19(9-18(13(2)3)25(20)24-17)22-10-14-5-15(11-22)7-16(6-14)12-22/h8-9,14-16H,2,4-7,10-12H2,1,3H3. The third-order valence-corrected chi connectivity index (χ3v) is 6.93. The molecule has 4 saturated carbocycles. The third-order valence-electron chi connectivity index (χ3n) is 6.93. The molecule has 0 aromatic carbocycles. The Morgan fingerprint density at radius 1 is 1.22 bits per heavy atom. The van der Waals surface area contributed by atoms with Crippen molar-refractivity contribution in [2.45, 2.75) is 57.8 Å². The van der Waals surface area contributed by atoms with E-state index in [1.54, 1.807) is 17.5 Å². The largest absolute Gasteiger partial charge is 0.461 e. The van der Waals surface area contributed by atoms with Gasteiger partial charge >= 0.3 is 5.97 Å². The number of esters is 1. The molecule has 5 nitrogen and oxygen atoms in total. The van der Waals surface area contributed by atoms with E-state index in [9.17, 15) is 4.79 Å². The third kappa shape index (κ3) is 2.62. The molecule has 0 atom stereocenters. The normalized spacial score (nSPS) is 31.4. The van der Waals surface area contributed by atoms with Gasteiger partial charge < -0.3 is 4.74 Å². The minimum Gasteiger partial charge on any atom is -0.461 e. The highest BCUT2D eigenvalue weighted by Gasteiger charge is 2.52. The van der Waals surface area contributed by atoms with Gasteiger partial charge in [-0.05, 0) is 81.8 Å². The van der Waals surface area contributed by atoms with E-state index >= 15 is 0 Å². The number of aromatic nitrogens is 3. The maximum Gasteiger partial charge on any atom is 0.358 e. The van der Waals surface area contributed by atoms with Crippen molar-refractivity contribution < 1.29 is 9.53 Å². The van der Waals surface area contributed by atoms with E-state index in [1.165, 1.54) is 44.2 Å². The maximum atomic E-state index is 12.2. The van der Waals surface area contributed by atoms with Gasteiger partial charge in [-0.15, -0.1) is 0 Å². The van der Waals surface area contributed by atoms with Crippen LogP contribution in [-0.2, 0) is 10.2 Å². The second-order valence-corrected chi connectivity index (χ2v) is 9.02. The van der Waals surface area contributed by atoms with E-state index in [-0.39, 0.29) is 5.41 Å². The number of carbonyl (C=O) groups is 1. The Hall–Kier alpha value is -2.17. The summed E-state index contributed by atoms with van der Waals surface area (Å²) in [6.07, 6.45) is 8.02. The maximum absolute atomic E-state index is 12.2. The summed E-state index contributed by atoms with van der Waals surface area (Å²) in [6, 6.07) is 3.94. The van der Waals surface area contributed by atoms with Gasteiger partial charge in [0.15, 0.2) is 11.3 Å². The molecule has 2 aromatic rings. The fourth-order valence-corrected chi connectivity index (χ4v) is 6.28. The molecular formula is C22H27N3O2. The van der Waals surface area contributed by atoms with Crippen LogP contribution >= 0.6 is 0 Å². The first-order chi connectivity index (χ1) is 13.0. The average Bonchev–Trinajstić information content (AvgIpc) is 3.04. The Kier molecular flexibility index (Phi) is 3.72. The molecule has 2 aromatic heterocycles. The number of ether oxygens (including phenoxy) is 1. The second-order valence-electron chi connectivity index (χ2n) is 9.02. The molecule has 0 unspecified atom stereocenters. The van der Waals surface area contributed by atoms with Crippen molar-refractivity contribution in [3.63, 3.8) is 0 Å². The summed E-state index contributed by atoms with van der Waals surface area (Å²) in [5, 5.41) is 4.46. The lowest BCUT2D eigenvalue weighted by molar-refractivity contribution is -0.00715. The highest BCUT2D eigenvalue weighted by atomic mass is 16.5. The lowest BCUT2D eigenvalue weighted by atomic mass is 9.49. The smallest absolute Gasteiger partial charge is 0.358 e. The first-order valence-corrected chi connectivity index (χ1v) is 10.2. The van der Waals surface area contributed by atoms with Gasteiger partial charge in [-0.3, -0.25) is 0 Å². The number of hydrogen-bond acceptors (Lipinski definition) is 4. The van der Waals surface area contributed by atoms with Crippen LogP contribution in [-0.4, -0.2) is 27.2 Å². The first kappa shape index (κ1) is 17.0. The summed E-state index contributed by atoms with van der Waals surface area (Å²) in [7, 11) is 0. The Morgan fingerprint density at radius 2 is 1.85 bits per heavy atom. The van der Waals surface area contributed by atoms with Crippen LogP contribution in [0.3, 0.4) is 0 Å².